The number of anilines is 1. The minimum absolute atomic E-state index is 0.166. The van der Waals surface area contributed by atoms with Gasteiger partial charge in [0.15, 0.2) is 0 Å². The van der Waals surface area contributed by atoms with E-state index in [-0.39, 0.29) is 23.9 Å². The van der Waals surface area contributed by atoms with Crippen LogP contribution >= 0.6 is 0 Å². The molecule has 6 heteroatoms. The van der Waals surface area contributed by atoms with Gasteiger partial charge in [-0.1, -0.05) is 0 Å². The molecule has 2 aliphatic rings. The largest absolute Gasteiger partial charge is 0.506 e. The smallest absolute Gasteiger partial charge is 0.410 e. The van der Waals surface area contributed by atoms with Gasteiger partial charge in [-0.2, -0.15) is 0 Å². The van der Waals surface area contributed by atoms with Crippen LogP contribution in [0.4, 0.5) is 10.6 Å². The normalized spacial score (nSPS) is 23.5. The standard InChI is InChI=1S/C17H25N3O3/c1-10-8-19(16(22)23-17(3,4)5)9-13-6-12-7-14(21)11(2)18-15(12)20(10)13/h7,10,13,21H,6,8-9H2,1-5H3/t10-,13-/m1/s1. The minimum atomic E-state index is -0.486. The molecule has 1 fully saturated rings. The number of ether oxygens (including phenoxy) is 1. The molecular formula is C17H25N3O3. The van der Waals surface area contributed by atoms with Gasteiger partial charge in [0.1, 0.15) is 17.2 Å². The van der Waals surface area contributed by atoms with Gasteiger partial charge in [-0.25, -0.2) is 9.78 Å². The molecule has 2 aliphatic heterocycles. The summed E-state index contributed by atoms with van der Waals surface area (Å²) in [7, 11) is 0. The molecule has 3 heterocycles. The Morgan fingerprint density at radius 1 is 1.39 bits per heavy atom. The summed E-state index contributed by atoms with van der Waals surface area (Å²) in [6.07, 6.45) is 0.534. The van der Waals surface area contributed by atoms with Crippen molar-refractivity contribution in [3.8, 4) is 5.75 Å². The molecule has 0 saturated carbocycles. The van der Waals surface area contributed by atoms with E-state index in [4.69, 9.17) is 4.74 Å². The Bertz CT molecular complexity index is 639. The average molecular weight is 319 g/mol. The number of aromatic nitrogens is 1. The molecule has 0 bridgehead atoms. The topological polar surface area (TPSA) is 65.9 Å². The highest BCUT2D eigenvalue weighted by molar-refractivity contribution is 5.69. The molecule has 6 nitrogen and oxygen atoms in total. The molecule has 1 aromatic rings. The number of rotatable bonds is 0. The molecule has 1 saturated heterocycles. The molecular weight excluding hydrogens is 294 g/mol. The second-order valence-electron chi connectivity index (χ2n) is 7.58. The van der Waals surface area contributed by atoms with Gasteiger partial charge < -0.3 is 19.6 Å². The quantitative estimate of drug-likeness (QED) is 0.796. The van der Waals surface area contributed by atoms with Crippen LogP contribution in [0.5, 0.6) is 5.75 Å². The highest BCUT2D eigenvalue weighted by Crippen LogP contribution is 2.37. The molecule has 2 atom stereocenters. The third kappa shape index (κ3) is 2.94. The lowest BCUT2D eigenvalue weighted by atomic mass is 10.1. The van der Waals surface area contributed by atoms with Crippen LogP contribution in [0.15, 0.2) is 6.07 Å². The Morgan fingerprint density at radius 3 is 2.74 bits per heavy atom. The minimum Gasteiger partial charge on any atom is -0.506 e. The van der Waals surface area contributed by atoms with Gasteiger partial charge in [0, 0.05) is 24.7 Å². The molecule has 1 aromatic heterocycles. The van der Waals surface area contributed by atoms with Crippen molar-refractivity contribution in [2.75, 3.05) is 18.0 Å². The first-order valence-electron chi connectivity index (χ1n) is 8.11. The number of hydrogen-bond donors (Lipinski definition) is 1. The highest BCUT2D eigenvalue weighted by atomic mass is 16.6. The summed E-state index contributed by atoms with van der Waals surface area (Å²) in [5, 5.41) is 9.89. The van der Waals surface area contributed by atoms with E-state index in [2.05, 4.69) is 16.8 Å². The number of pyridine rings is 1. The van der Waals surface area contributed by atoms with Gasteiger partial charge in [-0.05, 0) is 47.1 Å². The lowest BCUT2D eigenvalue weighted by molar-refractivity contribution is 0.0191. The van der Waals surface area contributed by atoms with Crippen LogP contribution in [0.1, 0.15) is 39.0 Å². The van der Waals surface area contributed by atoms with Crippen molar-refractivity contribution in [2.24, 2.45) is 0 Å². The van der Waals surface area contributed by atoms with Crippen LogP contribution in [-0.4, -0.2) is 51.9 Å². The van der Waals surface area contributed by atoms with Crippen LogP contribution in [0.3, 0.4) is 0 Å². The van der Waals surface area contributed by atoms with Crippen LogP contribution in [-0.2, 0) is 11.2 Å². The Labute approximate surface area is 137 Å². The van der Waals surface area contributed by atoms with Gasteiger partial charge in [0.25, 0.3) is 0 Å². The maximum Gasteiger partial charge on any atom is 0.410 e. The van der Waals surface area contributed by atoms with E-state index in [9.17, 15) is 9.90 Å². The molecule has 3 rings (SSSR count). The van der Waals surface area contributed by atoms with E-state index in [0.717, 1.165) is 17.8 Å². The van der Waals surface area contributed by atoms with E-state index < -0.39 is 5.60 Å². The van der Waals surface area contributed by atoms with E-state index in [1.54, 1.807) is 11.0 Å². The number of aromatic hydroxyl groups is 1. The Kier molecular flexibility index (Phi) is 3.65. The number of amides is 1. The van der Waals surface area contributed by atoms with Crippen molar-refractivity contribution in [3.63, 3.8) is 0 Å². The van der Waals surface area contributed by atoms with Gasteiger partial charge in [-0.15, -0.1) is 0 Å². The third-order valence-electron chi connectivity index (χ3n) is 4.38. The van der Waals surface area contributed by atoms with Crippen molar-refractivity contribution >= 4 is 11.9 Å². The third-order valence-corrected chi connectivity index (χ3v) is 4.38. The molecule has 23 heavy (non-hydrogen) atoms. The Balaban J connectivity index is 1.80. The maximum absolute atomic E-state index is 12.4. The fourth-order valence-corrected chi connectivity index (χ4v) is 3.45. The second-order valence-corrected chi connectivity index (χ2v) is 7.58. The van der Waals surface area contributed by atoms with E-state index >= 15 is 0 Å². The number of aryl methyl sites for hydroxylation is 1. The van der Waals surface area contributed by atoms with Crippen LogP contribution in [0, 0.1) is 6.92 Å². The van der Waals surface area contributed by atoms with Gasteiger partial charge in [-0.3, -0.25) is 0 Å². The maximum atomic E-state index is 12.4. The zero-order valence-corrected chi connectivity index (χ0v) is 14.5. The first kappa shape index (κ1) is 15.9. The molecule has 0 spiro atoms. The van der Waals surface area contributed by atoms with E-state index in [1.165, 1.54) is 0 Å². The molecule has 0 unspecified atom stereocenters. The first-order valence-corrected chi connectivity index (χ1v) is 8.11. The van der Waals surface area contributed by atoms with Crippen molar-refractivity contribution in [1.82, 2.24) is 9.88 Å². The van der Waals surface area contributed by atoms with Crippen LogP contribution in [0.2, 0.25) is 0 Å². The zero-order valence-electron chi connectivity index (χ0n) is 14.5. The first-order chi connectivity index (χ1) is 10.7. The molecule has 1 amide bonds. The van der Waals surface area contributed by atoms with Gasteiger partial charge >= 0.3 is 6.09 Å². The number of fused-ring (bicyclic) bond motifs is 3. The lowest BCUT2D eigenvalue weighted by Crippen LogP contribution is -2.58. The fraction of sp³-hybridized carbons (Fsp3) is 0.647. The predicted octanol–water partition coefficient (Wildman–Crippen LogP) is 2.47. The summed E-state index contributed by atoms with van der Waals surface area (Å²) >= 11 is 0. The van der Waals surface area contributed by atoms with Crippen molar-refractivity contribution in [3.05, 3.63) is 17.3 Å². The van der Waals surface area contributed by atoms with E-state index in [1.807, 2.05) is 27.7 Å². The van der Waals surface area contributed by atoms with Crippen molar-refractivity contribution in [1.29, 1.82) is 0 Å². The number of nitrogens with zero attached hydrogens (tertiary/aromatic N) is 3. The second kappa shape index (κ2) is 5.28. The number of carbonyl (C=O) groups is 1. The van der Waals surface area contributed by atoms with Crippen LogP contribution < -0.4 is 4.90 Å². The Morgan fingerprint density at radius 2 is 2.09 bits per heavy atom. The van der Waals surface area contributed by atoms with E-state index in [0.29, 0.717) is 18.8 Å². The summed E-state index contributed by atoms with van der Waals surface area (Å²) in [6.45, 7) is 10.8. The van der Waals surface area contributed by atoms with Crippen LogP contribution in [0.25, 0.3) is 0 Å². The summed E-state index contributed by atoms with van der Waals surface area (Å²) in [5.41, 5.74) is 1.21. The number of carbonyl (C=O) groups excluding carboxylic acids is 1. The zero-order chi connectivity index (χ0) is 16.9. The van der Waals surface area contributed by atoms with Gasteiger partial charge in [0.2, 0.25) is 0 Å². The summed E-state index contributed by atoms with van der Waals surface area (Å²) in [4.78, 5) is 21.0. The van der Waals surface area contributed by atoms with Gasteiger partial charge in [0.05, 0.1) is 11.7 Å². The van der Waals surface area contributed by atoms with Crippen molar-refractivity contribution < 1.29 is 14.6 Å². The molecule has 0 aliphatic carbocycles. The average Bonchev–Trinajstić information content (AvgIpc) is 2.75. The monoisotopic (exact) mass is 319 g/mol. The molecule has 0 radical (unpaired) electrons. The highest BCUT2D eigenvalue weighted by Gasteiger charge is 2.41. The molecule has 126 valence electrons. The summed E-state index contributed by atoms with van der Waals surface area (Å²) in [5.74, 6) is 1.18. The molecule has 1 N–H and O–H groups in total. The number of hydrogen-bond acceptors (Lipinski definition) is 5. The summed E-state index contributed by atoms with van der Waals surface area (Å²) < 4.78 is 5.50. The fourth-order valence-electron chi connectivity index (χ4n) is 3.45. The SMILES string of the molecule is Cc1nc2c(cc1O)C[C@@H]1CN(C(=O)OC(C)(C)C)C[C@@H](C)N21. The number of piperazine rings is 1. The predicted molar refractivity (Wildman–Crippen MR) is 87.9 cm³/mol. The summed E-state index contributed by atoms with van der Waals surface area (Å²) in [6, 6.07) is 2.16. The molecule has 0 aromatic carbocycles. The van der Waals surface area contributed by atoms with Crippen molar-refractivity contribution in [2.45, 2.75) is 58.7 Å². The Hall–Kier alpha value is -1.98. The lowest BCUT2D eigenvalue weighted by Gasteiger charge is -2.43.